The second-order valence-corrected chi connectivity index (χ2v) is 27.5. The van der Waals surface area contributed by atoms with Crippen LogP contribution in [0.25, 0.3) is 143 Å². The number of rotatable bonds is 11. The van der Waals surface area contributed by atoms with Gasteiger partial charge in [-0.25, -0.2) is 0 Å². The van der Waals surface area contributed by atoms with E-state index < -0.39 is 0 Å². The molecule has 103 heavy (non-hydrogen) atoms. The molecule has 0 radical (unpaired) electrons. The van der Waals surface area contributed by atoms with Gasteiger partial charge < -0.3 is 9.80 Å². The Morgan fingerprint density at radius 1 is 0.155 bits per heavy atom. The molecule has 0 atom stereocenters. The first-order valence-corrected chi connectivity index (χ1v) is 35.7. The monoisotopic (exact) mass is 1300 g/mol. The molecular weight excluding hydrogens is 1240 g/mol. The lowest BCUT2D eigenvalue weighted by Crippen LogP contribution is -2.61. The van der Waals surface area contributed by atoms with Crippen molar-refractivity contribution in [3.63, 3.8) is 0 Å². The molecule has 0 amide bonds. The van der Waals surface area contributed by atoms with Crippen molar-refractivity contribution in [3.05, 3.63) is 394 Å². The van der Waals surface area contributed by atoms with Gasteiger partial charge in [-0.05, 0) is 232 Å². The molecule has 18 aromatic rings. The summed E-state index contributed by atoms with van der Waals surface area (Å²) in [6.45, 7) is -0.214. The highest BCUT2D eigenvalue weighted by molar-refractivity contribution is 7.00. The van der Waals surface area contributed by atoms with Crippen LogP contribution in [0.4, 0.5) is 34.1 Å². The van der Waals surface area contributed by atoms with Crippen LogP contribution in [0.15, 0.2) is 394 Å². The fourth-order valence-corrected chi connectivity index (χ4v) is 16.6. The lowest BCUT2D eigenvalue weighted by atomic mass is 9.33. The molecule has 478 valence electrons. The zero-order chi connectivity index (χ0) is 67.9. The van der Waals surface area contributed by atoms with Crippen molar-refractivity contribution < 1.29 is 0 Å². The van der Waals surface area contributed by atoms with E-state index in [1.807, 2.05) is 0 Å². The van der Waals surface area contributed by atoms with Gasteiger partial charge in [-0.15, -0.1) is 0 Å². The average molecular weight is 1310 g/mol. The average Bonchev–Trinajstić information content (AvgIpc) is 0.693. The van der Waals surface area contributed by atoms with Gasteiger partial charge in [0.2, 0.25) is 0 Å². The Bertz CT molecular complexity index is 6020. The zero-order valence-corrected chi connectivity index (χ0v) is 56.5. The molecule has 18 aromatic carbocycles. The van der Waals surface area contributed by atoms with Crippen molar-refractivity contribution in [2.24, 2.45) is 0 Å². The number of hydrogen-bond donors (Lipinski definition) is 0. The number of anilines is 6. The topological polar surface area (TPSA) is 6.48 Å². The van der Waals surface area contributed by atoms with E-state index in [-0.39, 0.29) is 6.71 Å². The molecule has 3 heteroatoms. The summed E-state index contributed by atoms with van der Waals surface area (Å²) < 4.78 is 0. The summed E-state index contributed by atoms with van der Waals surface area (Å²) in [7, 11) is 0. The quantitative estimate of drug-likeness (QED) is 0.119. The summed E-state index contributed by atoms with van der Waals surface area (Å²) in [4.78, 5) is 5.15. The van der Waals surface area contributed by atoms with Crippen LogP contribution in [0.3, 0.4) is 0 Å². The Labute approximate surface area is 600 Å². The Morgan fingerprint density at radius 2 is 0.408 bits per heavy atom. The molecule has 0 aliphatic carbocycles. The van der Waals surface area contributed by atoms with E-state index in [4.69, 9.17) is 0 Å². The fraction of sp³-hybridized carbons (Fsp3) is 0. The molecule has 2 aliphatic heterocycles. The second kappa shape index (κ2) is 24.8. The third kappa shape index (κ3) is 10.4. The van der Waals surface area contributed by atoms with Gasteiger partial charge in [-0.1, -0.05) is 322 Å². The lowest BCUT2D eigenvalue weighted by molar-refractivity contribution is 1.25. The minimum atomic E-state index is -0.214. The Hall–Kier alpha value is -13.3. The van der Waals surface area contributed by atoms with Crippen molar-refractivity contribution >= 4 is 100 Å². The van der Waals surface area contributed by atoms with Crippen LogP contribution in [0.5, 0.6) is 0 Å². The summed E-state index contributed by atoms with van der Waals surface area (Å²) in [5.41, 5.74) is 31.7. The first kappa shape index (κ1) is 59.7. The van der Waals surface area contributed by atoms with Gasteiger partial charge >= 0.3 is 0 Å². The lowest BCUT2D eigenvalue weighted by Gasteiger charge is -2.45. The molecule has 0 N–H and O–H groups in total. The van der Waals surface area contributed by atoms with Crippen molar-refractivity contribution in [3.8, 4) is 100 Å². The number of fused-ring (bicyclic) bond motifs is 8. The maximum Gasteiger partial charge on any atom is 0.252 e. The summed E-state index contributed by atoms with van der Waals surface area (Å²) in [6.07, 6.45) is 0. The Morgan fingerprint density at radius 3 is 0.728 bits per heavy atom. The highest BCUT2D eigenvalue weighted by Gasteiger charge is 2.44. The SMILES string of the molecule is c1ccc(-c2cc3c4c(c2)N(c2ccc(-c5ccccc5-c5ccc6ccccc6c5)cc2)c2ccc(-c5ccccc5-c5ccc6ccccc6c5)cc2B4c2cc(-c4ccccc4-c4ccc5ccccc5c4)ccc2N3c2ccc(-c3ccccc3-c3ccc4ccccc4c3)cc2)cc1. The van der Waals surface area contributed by atoms with Gasteiger partial charge in [0.15, 0.2) is 0 Å². The van der Waals surface area contributed by atoms with Crippen LogP contribution in [-0.4, -0.2) is 6.71 Å². The zero-order valence-electron chi connectivity index (χ0n) is 56.5. The second-order valence-electron chi connectivity index (χ2n) is 27.5. The molecular formula is C100H65BN2. The van der Waals surface area contributed by atoms with E-state index in [0.717, 1.165) is 67.5 Å². The van der Waals surface area contributed by atoms with Crippen LogP contribution < -0.4 is 26.2 Å². The van der Waals surface area contributed by atoms with Crippen LogP contribution in [0, 0.1) is 0 Å². The van der Waals surface area contributed by atoms with Crippen LogP contribution in [0.2, 0.25) is 0 Å². The predicted molar refractivity (Wildman–Crippen MR) is 439 cm³/mol. The van der Waals surface area contributed by atoms with Crippen LogP contribution in [-0.2, 0) is 0 Å². The molecule has 0 spiro atoms. The van der Waals surface area contributed by atoms with Gasteiger partial charge in [0.05, 0.1) is 0 Å². The molecule has 2 heterocycles. The minimum Gasteiger partial charge on any atom is -0.311 e. The molecule has 0 saturated heterocycles. The standard InChI is InChI=1S/C100H65BN2/c1-2-20-66(21-3-1)83-64-98-100-99(65-83)103(85-54-48-72(49-55-85)87-31-13-15-33-89(87)78-43-39-68-23-5-9-27-74(68)59-78)97-57-51-82(93-37-19-17-35-91(93)80-45-41-70-25-7-11-29-76(70)61-80)63-95(97)101(100)94-62-81(92-36-18-16-34-90(92)79-44-40-69-24-6-10-28-75(69)60-79)50-56-96(94)102(98)84-52-46-71(47-53-84)86-30-12-14-32-88(86)77-42-38-67-22-4-8-26-73(67)58-77/h1-65H. The number of benzene rings is 18. The largest absolute Gasteiger partial charge is 0.311 e. The van der Waals surface area contributed by atoms with Crippen molar-refractivity contribution in [1.29, 1.82) is 0 Å². The van der Waals surface area contributed by atoms with Crippen molar-refractivity contribution in [1.82, 2.24) is 0 Å². The van der Waals surface area contributed by atoms with Gasteiger partial charge in [0.25, 0.3) is 6.71 Å². The van der Waals surface area contributed by atoms with E-state index in [1.165, 1.54) is 126 Å². The number of nitrogens with zero attached hydrogens (tertiary/aromatic N) is 2. The predicted octanol–water partition coefficient (Wildman–Crippen LogP) is 25.4. The molecule has 0 bridgehead atoms. The van der Waals surface area contributed by atoms with Gasteiger partial charge in [-0.2, -0.15) is 0 Å². The highest BCUT2D eigenvalue weighted by atomic mass is 15.2. The first-order valence-electron chi connectivity index (χ1n) is 35.7. The molecule has 0 fully saturated rings. The summed E-state index contributed by atoms with van der Waals surface area (Å²) in [5.74, 6) is 0. The van der Waals surface area contributed by atoms with Crippen molar-refractivity contribution in [2.45, 2.75) is 0 Å². The van der Waals surface area contributed by atoms with E-state index in [2.05, 4.69) is 404 Å². The smallest absolute Gasteiger partial charge is 0.252 e. The van der Waals surface area contributed by atoms with Gasteiger partial charge in [0.1, 0.15) is 0 Å². The van der Waals surface area contributed by atoms with Crippen LogP contribution >= 0.6 is 0 Å². The maximum absolute atomic E-state index is 2.57. The third-order valence-corrected chi connectivity index (χ3v) is 21.6. The maximum atomic E-state index is 2.57. The Kier molecular flexibility index (Phi) is 14.4. The highest BCUT2D eigenvalue weighted by Crippen LogP contribution is 2.49. The van der Waals surface area contributed by atoms with E-state index in [0.29, 0.717) is 0 Å². The molecule has 2 nitrogen and oxygen atoms in total. The summed E-state index contributed by atoms with van der Waals surface area (Å²) in [5, 5.41) is 9.83. The fourth-order valence-electron chi connectivity index (χ4n) is 16.6. The van der Waals surface area contributed by atoms with Gasteiger partial charge in [0, 0.05) is 34.1 Å². The Balaban J connectivity index is 0.821. The van der Waals surface area contributed by atoms with Crippen LogP contribution in [0.1, 0.15) is 0 Å². The minimum absolute atomic E-state index is 0.214. The van der Waals surface area contributed by atoms with Crippen molar-refractivity contribution in [2.75, 3.05) is 9.80 Å². The molecule has 0 unspecified atom stereocenters. The molecule has 0 saturated carbocycles. The summed E-state index contributed by atoms with van der Waals surface area (Å²) >= 11 is 0. The third-order valence-electron chi connectivity index (χ3n) is 21.6. The van der Waals surface area contributed by atoms with Gasteiger partial charge in [-0.3, -0.25) is 0 Å². The molecule has 0 aromatic heterocycles. The normalized spacial score (nSPS) is 12.2. The number of hydrogen-bond acceptors (Lipinski definition) is 2. The van der Waals surface area contributed by atoms with E-state index >= 15 is 0 Å². The molecule has 20 rings (SSSR count). The first-order chi connectivity index (χ1) is 51.0. The molecule has 2 aliphatic rings. The van der Waals surface area contributed by atoms with E-state index in [1.54, 1.807) is 0 Å². The van der Waals surface area contributed by atoms with E-state index in [9.17, 15) is 0 Å². The summed E-state index contributed by atoms with van der Waals surface area (Å²) in [6, 6.07) is 147.